The zero-order valence-electron chi connectivity index (χ0n) is 11.3. The number of fused-ring (bicyclic) bond motifs is 1. The molecule has 0 amide bonds. The van der Waals surface area contributed by atoms with Gasteiger partial charge in [-0.15, -0.1) is 11.3 Å². The van der Waals surface area contributed by atoms with Crippen molar-refractivity contribution >= 4 is 21.6 Å². The molecule has 0 aliphatic carbocycles. The van der Waals surface area contributed by atoms with E-state index in [0.717, 1.165) is 25.2 Å². The van der Waals surface area contributed by atoms with Crippen molar-refractivity contribution in [3.05, 3.63) is 29.3 Å². The first-order valence-electron chi connectivity index (χ1n) is 6.48. The predicted molar refractivity (Wildman–Crippen MR) is 79.2 cm³/mol. The van der Waals surface area contributed by atoms with Gasteiger partial charge in [-0.3, -0.25) is 0 Å². The third kappa shape index (κ3) is 3.28. The number of benzene rings is 1. The monoisotopic (exact) mass is 263 g/mol. The highest BCUT2D eigenvalue weighted by atomic mass is 32.1. The van der Waals surface area contributed by atoms with E-state index >= 15 is 0 Å². The van der Waals surface area contributed by atoms with E-state index in [1.54, 1.807) is 11.3 Å². The van der Waals surface area contributed by atoms with E-state index in [-0.39, 0.29) is 0 Å². The normalized spacial score (nSPS) is 13.3. The van der Waals surface area contributed by atoms with E-state index in [1.807, 2.05) is 6.07 Å². The van der Waals surface area contributed by atoms with Crippen LogP contribution in [0.1, 0.15) is 24.9 Å². The van der Waals surface area contributed by atoms with Crippen LogP contribution in [-0.4, -0.2) is 36.6 Å². The van der Waals surface area contributed by atoms with Crippen LogP contribution in [0.15, 0.2) is 24.3 Å². The van der Waals surface area contributed by atoms with Crippen LogP contribution < -0.4 is 5.32 Å². The molecule has 1 N–H and O–H groups in total. The molecule has 0 saturated heterocycles. The van der Waals surface area contributed by atoms with Crippen LogP contribution in [0.3, 0.4) is 0 Å². The van der Waals surface area contributed by atoms with Crippen LogP contribution in [0, 0.1) is 0 Å². The molecular formula is C14H21N3S. The van der Waals surface area contributed by atoms with Gasteiger partial charge in [-0.2, -0.15) is 0 Å². The van der Waals surface area contributed by atoms with Gasteiger partial charge in [0, 0.05) is 13.1 Å². The summed E-state index contributed by atoms with van der Waals surface area (Å²) in [5.41, 5.74) is 1.11. The van der Waals surface area contributed by atoms with Crippen LogP contribution >= 0.6 is 11.3 Å². The molecule has 1 atom stereocenters. The smallest absolute Gasteiger partial charge is 0.111 e. The summed E-state index contributed by atoms with van der Waals surface area (Å²) in [6.07, 6.45) is 0. The minimum atomic E-state index is 0.327. The molecule has 1 heterocycles. The van der Waals surface area contributed by atoms with Gasteiger partial charge >= 0.3 is 0 Å². The first-order valence-corrected chi connectivity index (χ1v) is 7.29. The Morgan fingerprint density at radius 3 is 2.89 bits per heavy atom. The molecule has 98 valence electrons. The molecule has 18 heavy (non-hydrogen) atoms. The van der Waals surface area contributed by atoms with Crippen LogP contribution in [0.4, 0.5) is 0 Å². The summed E-state index contributed by atoms with van der Waals surface area (Å²) in [5.74, 6) is 0. The Balaban J connectivity index is 1.94. The molecule has 0 saturated carbocycles. The zero-order chi connectivity index (χ0) is 13.0. The second kappa shape index (κ2) is 6.27. The molecule has 0 bridgehead atoms. The summed E-state index contributed by atoms with van der Waals surface area (Å²) in [7, 11) is 2.14. The molecule has 1 aromatic heterocycles. The Hall–Kier alpha value is -0.970. The minimum absolute atomic E-state index is 0.327. The predicted octanol–water partition coefficient (Wildman–Crippen LogP) is 2.90. The molecule has 1 aromatic carbocycles. The van der Waals surface area contributed by atoms with E-state index < -0.39 is 0 Å². The van der Waals surface area contributed by atoms with Crippen molar-refractivity contribution in [3.8, 4) is 0 Å². The average molecular weight is 263 g/mol. The average Bonchev–Trinajstić information content (AvgIpc) is 2.82. The molecule has 0 radical (unpaired) electrons. The standard InChI is InChI=1S/C14H21N3S/c1-4-17(3)10-9-15-11(2)14-16-12-7-5-6-8-13(12)18-14/h5-8,11,15H,4,9-10H2,1-3H3. The second-order valence-electron chi connectivity index (χ2n) is 4.59. The highest BCUT2D eigenvalue weighted by Gasteiger charge is 2.10. The lowest BCUT2D eigenvalue weighted by Crippen LogP contribution is -2.30. The Bertz CT molecular complexity index is 461. The number of aromatic nitrogens is 1. The van der Waals surface area contributed by atoms with E-state index in [4.69, 9.17) is 0 Å². The molecule has 0 aliphatic rings. The molecule has 1 unspecified atom stereocenters. The van der Waals surface area contributed by atoms with Gasteiger partial charge in [-0.05, 0) is 32.6 Å². The van der Waals surface area contributed by atoms with Gasteiger partial charge < -0.3 is 10.2 Å². The molecule has 2 rings (SSSR count). The largest absolute Gasteiger partial charge is 0.307 e. The molecule has 3 nitrogen and oxygen atoms in total. The lowest BCUT2D eigenvalue weighted by molar-refractivity contribution is 0.342. The van der Waals surface area contributed by atoms with Crippen molar-refractivity contribution in [1.82, 2.24) is 15.2 Å². The maximum atomic E-state index is 4.67. The highest BCUT2D eigenvalue weighted by Crippen LogP contribution is 2.25. The molecule has 4 heteroatoms. The van der Waals surface area contributed by atoms with Crippen LogP contribution in [-0.2, 0) is 0 Å². The Morgan fingerprint density at radius 2 is 2.17 bits per heavy atom. The first kappa shape index (κ1) is 13.5. The van der Waals surface area contributed by atoms with E-state index in [2.05, 4.69) is 54.3 Å². The van der Waals surface area contributed by atoms with Crippen molar-refractivity contribution in [2.24, 2.45) is 0 Å². The number of nitrogens with zero attached hydrogens (tertiary/aromatic N) is 2. The third-order valence-electron chi connectivity index (χ3n) is 3.16. The second-order valence-corrected chi connectivity index (χ2v) is 5.65. The van der Waals surface area contributed by atoms with E-state index in [1.165, 1.54) is 9.71 Å². The van der Waals surface area contributed by atoms with Crippen LogP contribution in [0.25, 0.3) is 10.2 Å². The summed E-state index contributed by atoms with van der Waals surface area (Å²) >= 11 is 1.78. The molecule has 0 aliphatic heterocycles. The number of para-hydroxylation sites is 1. The topological polar surface area (TPSA) is 28.2 Å². The highest BCUT2D eigenvalue weighted by molar-refractivity contribution is 7.18. The molecule has 0 fully saturated rings. The van der Waals surface area contributed by atoms with Gasteiger partial charge in [0.15, 0.2) is 0 Å². The minimum Gasteiger partial charge on any atom is -0.307 e. The summed E-state index contributed by atoms with van der Waals surface area (Å²) in [6, 6.07) is 8.65. The fourth-order valence-electron chi connectivity index (χ4n) is 1.79. The van der Waals surface area contributed by atoms with Crippen LogP contribution in [0.5, 0.6) is 0 Å². The fraction of sp³-hybridized carbons (Fsp3) is 0.500. The number of nitrogens with one attached hydrogen (secondary N) is 1. The van der Waals surface area contributed by atoms with Crippen molar-refractivity contribution in [2.45, 2.75) is 19.9 Å². The maximum absolute atomic E-state index is 4.67. The van der Waals surface area contributed by atoms with Gasteiger partial charge in [-0.25, -0.2) is 4.98 Å². The van der Waals surface area contributed by atoms with Crippen molar-refractivity contribution < 1.29 is 0 Å². The van der Waals surface area contributed by atoms with Gasteiger partial charge in [0.2, 0.25) is 0 Å². The quantitative estimate of drug-likeness (QED) is 0.868. The summed E-state index contributed by atoms with van der Waals surface area (Å²) in [6.45, 7) is 7.53. The Morgan fingerprint density at radius 1 is 1.39 bits per heavy atom. The van der Waals surface area contributed by atoms with Crippen molar-refractivity contribution in [3.63, 3.8) is 0 Å². The number of likely N-dealkylation sites (N-methyl/N-ethyl adjacent to an activating group) is 1. The van der Waals surface area contributed by atoms with Crippen molar-refractivity contribution in [1.29, 1.82) is 0 Å². The maximum Gasteiger partial charge on any atom is 0.111 e. The SMILES string of the molecule is CCN(C)CCNC(C)c1nc2ccccc2s1. The lowest BCUT2D eigenvalue weighted by atomic mass is 10.3. The van der Waals surface area contributed by atoms with Gasteiger partial charge in [0.25, 0.3) is 0 Å². The molecule has 0 spiro atoms. The first-order chi connectivity index (χ1) is 8.70. The number of rotatable bonds is 6. The summed E-state index contributed by atoms with van der Waals surface area (Å²) in [5, 5.41) is 4.71. The lowest BCUT2D eigenvalue weighted by Gasteiger charge is -2.16. The fourth-order valence-corrected chi connectivity index (χ4v) is 2.79. The number of thiazole rings is 1. The van der Waals surface area contributed by atoms with E-state index in [9.17, 15) is 0 Å². The van der Waals surface area contributed by atoms with E-state index in [0.29, 0.717) is 6.04 Å². The Kier molecular flexibility index (Phi) is 4.69. The Labute approximate surface area is 113 Å². The third-order valence-corrected chi connectivity index (χ3v) is 4.38. The zero-order valence-corrected chi connectivity index (χ0v) is 12.1. The summed E-state index contributed by atoms with van der Waals surface area (Å²) < 4.78 is 1.27. The summed E-state index contributed by atoms with van der Waals surface area (Å²) in [4.78, 5) is 6.98. The van der Waals surface area contributed by atoms with Gasteiger partial charge in [0.05, 0.1) is 16.3 Å². The number of hydrogen-bond donors (Lipinski definition) is 1. The molecule has 2 aromatic rings. The van der Waals surface area contributed by atoms with Crippen LogP contribution in [0.2, 0.25) is 0 Å². The van der Waals surface area contributed by atoms with Gasteiger partial charge in [-0.1, -0.05) is 19.1 Å². The number of hydrogen-bond acceptors (Lipinski definition) is 4. The molecular weight excluding hydrogens is 242 g/mol. The van der Waals surface area contributed by atoms with Crippen molar-refractivity contribution in [2.75, 3.05) is 26.7 Å². The van der Waals surface area contributed by atoms with Gasteiger partial charge in [0.1, 0.15) is 5.01 Å².